The summed E-state index contributed by atoms with van der Waals surface area (Å²) in [5.74, 6) is 0. The van der Waals surface area contributed by atoms with Gasteiger partial charge in [-0.05, 0) is 0 Å². The molecule has 0 saturated carbocycles. The second kappa shape index (κ2) is 2.88. The van der Waals surface area contributed by atoms with Crippen molar-refractivity contribution < 1.29 is 3.47 Å². The fourth-order valence-corrected chi connectivity index (χ4v) is 1.17. The Labute approximate surface area is 54.9 Å². The van der Waals surface area contributed by atoms with Crippen molar-refractivity contribution in [3.8, 4) is 0 Å². The maximum atomic E-state index is 11.9. The Kier molecular flexibility index (Phi) is 2.10. The first-order valence-corrected chi connectivity index (χ1v) is 4.19. The normalized spacial score (nSPS) is 10.6. The molecule has 1 aromatic carbocycles. The van der Waals surface area contributed by atoms with Crippen molar-refractivity contribution >= 4 is 20.6 Å². The Morgan fingerprint density at radius 2 is 1.75 bits per heavy atom. The van der Waals surface area contributed by atoms with Gasteiger partial charge in [-0.3, -0.25) is 0 Å². The van der Waals surface area contributed by atoms with Crippen LogP contribution in [0.25, 0.3) is 0 Å². The molecule has 0 aliphatic heterocycles. The van der Waals surface area contributed by atoms with E-state index in [9.17, 15) is 3.47 Å². The molecule has 0 bridgehead atoms. The van der Waals surface area contributed by atoms with Crippen LogP contribution in [0.15, 0.2) is 30.3 Å². The topological polar surface area (TPSA) is 0 Å². The monoisotopic (exact) mass is 172 g/mol. The SMILES string of the molecule is F[AsH]c1ccccc1. The van der Waals surface area contributed by atoms with Crippen LogP contribution in [0.1, 0.15) is 0 Å². The minimum absolute atomic E-state index is 0.868. The van der Waals surface area contributed by atoms with Crippen molar-refractivity contribution in [2.75, 3.05) is 0 Å². The van der Waals surface area contributed by atoms with Gasteiger partial charge in [0.25, 0.3) is 0 Å². The van der Waals surface area contributed by atoms with E-state index in [4.69, 9.17) is 0 Å². The van der Waals surface area contributed by atoms with Crippen LogP contribution in [-0.2, 0) is 0 Å². The zero-order chi connectivity index (χ0) is 5.82. The molecule has 1 unspecified atom stereocenters. The molecule has 0 aromatic heterocycles. The molecule has 0 aliphatic carbocycles. The van der Waals surface area contributed by atoms with Gasteiger partial charge in [-0.1, -0.05) is 0 Å². The fourth-order valence-electron chi connectivity index (χ4n) is 0.501. The molecule has 0 N–H and O–H groups in total. The summed E-state index contributed by atoms with van der Waals surface area (Å²) >= 11 is -1.30. The third kappa shape index (κ3) is 1.34. The Morgan fingerprint density at radius 1 is 1.12 bits per heavy atom. The first-order chi connectivity index (χ1) is 3.93. The van der Waals surface area contributed by atoms with Crippen molar-refractivity contribution in [2.24, 2.45) is 0 Å². The van der Waals surface area contributed by atoms with Crippen molar-refractivity contribution in [3.05, 3.63) is 30.3 Å². The molecule has 0 spiro atoms. The molecule has 0 fully saturated rings. The molecule has 1 rings (SSSR count). The van der Waals surface area contributed by atoms with Gasteiger partial charge in [-0.2, -0.15) is 0 Å². The van der Waals surface area contributed by atoms with Gasteiger partial charge in [-0.15, -0.1) is 0 Å². The fraction of sp³-hybridized carbons (Fsp3) is 0. The van der Waals surface area contributed by atoms with E-state index in [0.29, 0.717) is 0 Å². The first-order valence-electron chi connectivity index (χ1n) is 2.35. The molecule has 1 aromatic rings. The second-order valence-corrected chi connectivity index (χ2v) is 3.07. The van der Waals surface area contributed by atoms with Crippen molar-refractivity contribution in [2.45, 2.75) is 0 Å². The maximum absolute atomic E-state index is 11.9. The van der Waals surface area contributed by atoms with Gasteiger partial charge >= 0.3 is 54.4 Å². The van der Waals surface area contributed by atoms with E-state index in [1.54, 1.807) is 0 Å². The van der Waals surface area contributed by atoms with Crippen molar-refractivity contribution in [3.63, 3.8) is 0 Å². The molecule has 0 aliphatic rings. The van der Waals surface area contributed by atoms with Crippen molar-refractivity contribution in [1.82, 2.24) is 0 Å². The summed E-state index contributed by atoms with van der Waals surface area (Å²) in [6.45, 7) is 0. The summed E-state index contributed by atoms with van der Waals surface area (Å²) in [4.78, 5) is 0. The Hall–Kier alpha value is -0.292. The molecule has 0 radical (unpaired) electrons. The zero-order valence-corrected chi connectivity index (χ0v) is 6.36. The van der Waals surface area contributed by atoms with Crippen molar-refractivity contribution in [1.29, 1.82) is 0 Å². The Morgan fingerprint density at radius 3 is 2.12 bits per heavy atom. The van der Waals surface area contributed by atoms with Gasteiger partial charge < -0.3 is 0 Å². The number of hydrogen-bond acceptors (Lipinski definition) is 0. The molecular formula is C6H6AsF. The molecule has 0 saturated heterocycles. The third-order valence-electron chi connectivity index (χ3n) is 0.883. The summed E-state index contributed by atoms with van der Waals surface area (Å²) in [6.07, 6.45) is 0. The average Bonchev–Trinajstić information content (AvgIpc) is 1.90. The van der Waals surface area contributed by atoms with Crippen LogP contribution in [0.3, 0.4) is 0 Å². The van der Waals surface area contributed by atoms with Crippen LogP contribution in [0.4, 0.5) is 3.47 Å². The van der Waals surface area contributed by atoms with E-state index in [1.807, 2.05) is 30.3 Å². The Balaban J connectivity index is 2.83. The van der Waals surface area contributed by atoms with Crippen LogP contribution < -0.4 is 4.35 Å². The molecule has 42 valence electrons. The van der Waals surface area contributed by atoms with Crippen LogP contribution in [0.2, 0.25) is 0 Å². The third-order valence-corrected chi connectivity index (χ3v) is 2.04. The van der Waals surface area contributed by atoms with Gasteiger partial charge in [0.15, 0.2) is 0 Å². The quantitative estimate of drug-likeness (QED) is 0.545. The molecule has 2 heteroatoms. The molecule has 0 amide bonds. The summed E-state index contributed by atoms with van der Waals surface area (Å²) < 4.78 is 12.7. The van der Waals surface area contributed by atoms with E-state index in [2.05, 4.69) is 0 Å². The molecule has 1 atom stereocenters. The van der Waals surface area contributed by atoms with Gasteiger partial charge in [0.2, 0.25) is 0 Å². The average molecular weight is 172 g/mol. The van der Waals surface area contributed by atoms with E-state index in [0.717, 1.165) is 4.35 Å². The van der Waals surface area contributed by atoms with Gasteiger partial charge in [0.05, 0.1) is 0 Å². The van der Waals surface area contributed by atoms with E-state index in [-0.39, 0.29) is 0 Å². The second-order valence-electron chi connectivity index (χ2n) is 1.46. The van der Waals surface area contributed by atoms with Crippen LogP contribution in [0, 0.1) is 0 Å². The minimum atomic E-state index is -1.30. The predicted molar refractivity (Wildman–Crippen MR) is 34.3 cm³/mol. The predicted octanol–water partition coefficient (Wildman–Crippen LogP) is 0.633. The Bertz CT molecular complexity index is 150. The molecule has 0 heterocycles. The summed E-state index contributed by atoms with van der Waals surface area (Å²) in [6, 6.07) is 9.25. The van der Waals surface area contributed by atoms with Crippen LogP contribution in [0.5, 0.6) is 0 Å². The van der Waals surface area contributed by atoms with E-state index in [1.165, 1.54) is 0 Å². The molecular weight excluding hydrogens is 166 g/mol. The zero-order valence-electron chi connectivity index (χ0n) is 4.26. The number of hydrogen-bond donors (Lipinski definition) is 0. The summed E-state index contributed by atoms with van der Waals surface area (Å²) in [7, 11) is 0. The van der Waals surface area contributed by atoms with Gasteiger partial charge in [0, 0.05) is 0 Å². The van der Waals surface area contributed by atoms with E-state index < -0.39 is 16.2 Å². The number of halogens is 1. The van der Waals surface area contributed by atoms with Gasteiger partial charge in [0.1, 0.15) is 0 Å². The van der Waals surface area contributed by atoms with E-state index >= 15 is 0 Å². The van der Waals surface area contributed by atoms with Crippen LogP contribution >= 0.6 is 0 Å². The summed E-state index contributed by atoms with van der Waals surface area (Å²) in [5, 5.41) is 0. The van der Waals surface area contributed by atoms with Gasteiger partial charge in [-0.25, -0.2) is 0 Å². The first kappa shape index (κ1) is 5.84. The molecule has 0 nitrogen and oxygen atoms in total. The number of benzene rings is 1. The number of rotatable bonds is 1. The van der Waals surface area contributed by atoms with Crippen LogP contribution in [-0.4, -0.2) is 16.2 Å². The molecule has 8 heavy (non-hydrogen) atoms. The standard InChI is InChI=1S/C6H6AsF/c8-7-6-4-2-1-3-5-6/h1-5,7H. The summed E-state index contributed by atoms with van der Waals surface area (Å²) in [5.41, 5.74) is 0.